The van der Waals surface area contributed by atoms with Crippen LogP contribution in [0, 0.1) is 5.92 Å². The molecule has 0 amide bonds. The van der Waals surface area contributed by atoms with E-state index < -0.39 is 0 Å². The largest absolute Gasteiger partial charge is 0.497 e. The van der Waals surface area contributed by atoms with Crippen LogP contribution in [0.15, 0.2) is 24.3 Å². The normalized spacial score (nSPS) is 16.8. The molecular formula is C18H30N2O. The maximum absolute atomic E-state index is 5.26. The number of ether oxygens (including phenoxy) is 1. The van der Waals surface area contributed by atoms with Crippen molar-refractivity contribution in [3.63, 3.8) is 0 Å². The SMILES string of the molecule is CCNC(CN(CC)CC1CCC1)c1ccc(OC)cc1. The topological polar surface area (TPSA) is 24.5 Å². The van der Waals surface area contributed by atoms with Crippen LogP contribution in [0.2, 0.25) is 0 Å². The average Bonchev–Trinajstić information content (AvgIpc) is 2.48. The number of likely N-dealkylation sites (N-methyl/N-ethyl adjacent to an activating group) is 2. The predicted molar refractivity (Wildman–Crippen MR) is 88.9 cm³/mol. The Balaban J connectivity index is 1.98. The van der Waals surface area contributed by atoms with Gasteiger partial charge >= 0.3 is 0 Å². The summed E-state index contributed by atoms with van der Waals surface area (Å²) >= 11 is 0. The van der Waals surface area contributed by atoms with Crippen molar-refractivity contribution in [1.29, 1.82) is 0 Å². The molecule has 0 aromatic heterocycles. The summed E-state index contributed by atoms with van der Waals surface area (Å²) in [5.41, 5.74) is 1.35. The Morgan fingerprint density at radius 1 is 1.24 bits per heavy atom. The molecule has 0 saturated heterocycles. The zero-order valence-corrected chi connectivity index (χ0v) is 13.8. The van der Waals surface area contributed by atoms with Crippen molar-refractivity contribution in [3.8, 4) is 5.75 Å². The van der Waals surface area contributed by atoms with E-state index in [0.717, 1.165) is 31.3 Å². The van der Waals surface area contributed by atoms with E-state index in [0.29, 0.717) is 6.04 Å². The quantitative estimate of drug-likeness (QED) is 0.753. The summed E-state index contributed by atoms with van der Waals surface area (Å²) in [5, 5.41) is 3.63. The number of rotatable bonds is 9. The predicted octanol–water partition coefficient (Wildman–Crippen LogP) is 3.47. The van der Waals surface area contributed by atoms with Crippen molar-refractivity contribution in [3.05, 3.63) is 29.8 Å². The first-order valence-electron chi connectivity index (χ1n) is 8.36. The van der Waals surface area contributed by atoms with E-state index in [1.807, 2.05) is 0 Å². The molecule has 2 rings (SSSR count). The fourth-order valence-corrected chi connectivity index (χ4v) is 3.00. The van der Waals surface area contributed by atoms with Crippen LogP contribution >= 0.6 is 0 Å². The van der Waals surface area contributed by atoms with Gasteiger partial charge in [-0.15, -0.1) is 0 Å². The lowest BCUT2D eigenvalue weighted by Gasteiger charge is -2.34. The van der Waals surface area contributed by atoms with Crippen molar-refractivity contribution < 1.29 is 4.74 Å². The summed E-state index contributed by atoms with van der Waals surface area (Å²) in [6.45, 7) is 8.93. The first-order chi connectivity index (χ1) is 10.3. The second-order valence-corrected chi connectivity index (χ2v) is 6.03. The number of hydrogen-bond acceptors (Lipinski definition) is 3. The summed E-state index contributed by atoms with van der Waals surface area (Å²) in [5.74, 6) is 1.86. The molecule has 1 saturated carbocycles. The fourth-order valence-electron chi connectivity index (χ4n) is 3.00. The molecule has 118 valence electrons. The van der Waals surface area contributed by atoms with Gasteiger partial charge in [0.2, 0.25) is 0 Å². The molecule has 0 bridgehead atoms. The third-order valence-electron chi connectivity index (χ3n) is 4.60. The summed E-state index contributed by atoms with van der Waals surface area (Å²) in [4.78, 5) is 2.60. The number of nitrogens with zero attached hydrogens (tertiary/aromatic N) is 1. The van der Waals surface area contributed by atoms with Gasteiger partial charge in [-0.05, 0) is 49.5 Å². The van der Waals surface area contributed by atoms with Gasteiger partial charge in [0.15, 0.2) is 0 Å². The molecule has 0 radical (unpaired) electrons. The van der Waals surface area contributed by atoms with Crippen LogP contribution in [-0.2, 0) is 0 Å². The molecule has 0 spiro atoms. The smallest absolute Gasteiger partial charge is 0.118 e. The fraction of sp³-hybridized carbons (Fsp3) is 0.667. The number of hydrogen-bond donors (Lipinski definition) is 1. The highest BCUT2D eigenvalue weighted by molar-refractivity contribution is 5.29. The minimum atomic E-state index is 0.404. The highest BCUT2D eigenvalue weighted by Crippen LogP contribution is 2.28. The zero-order chi connectivity index (χ0) is 15.1. The molecule has 1 aromatic rings. The van der Waals surface area contributed by atoms with Gasteiger partial charge in [-0.25, -0.2) is 0 Å². The molecule has 1 unspecified atom stereocenters. The Hall–Kier alpha value is -1.06. The molecule has 1 atom stereocenters. The van der Waals surface area contributed by atoms with Crippen LogP contribution in [0.1, 0.15) is 44.7 Å². The highest BCUT2D eigenvalue weighted by atomic mass is 16.5. The van der Waals surface area contributed by atoms with Gasteiger partial charge in [-0.3, -0.25) is 0 Å². The molecule has 21 heavy (non-hydrogen) atoms. The van der Waals surface area contributed by atoms with Gasteiger partial charge < -0.3 is 15.0 Å². The lowest BCUT2D eigenvalue weighted by Crippen LogP contribution is -2.39. The average molecular weight is 290 g/mol. The van der Waals surface area contributed by atoms with Gasteiger partial charge in [0.25, 0.3) is 0 Å². The Morgan fingerprint density at radius 2 is 1.95 bits per heavy atom. The number of methoxy groups -OCH3 is 1. The van der Waals surface area contributed by atoms with Gasteiger partial charge in [-0.2, -0.15) is 0 Å². The molecule has 1 aliphatic carbocycles. The standard InChI is InChI=1S/C18H30N2O/c1-4-19-18(16-9-11-17(21-3)12-10-16)14-20(5-2)13-15-7-6-8-15/h9-12,15,18-19H,4-8,13-14H2,1-3H3. The number of benzene rings is 1. The minimum Gasteiger partial charge on any atom is -0.497 e. The van der Waals surface area contributed by atoms with Crippen LogP contribution < -0.4 is 10.1 Å². The van der Waals surface area contributed by atoms with Crippen LogP contribution in [-0.4, -0.2) is 38.2 Å². The van der Waals surface area contributed by atoms with Crippen LogP contribution in [0.3, 0.4) is 0 Å². The van der Waals surface area contributed by atoms with Gasteiger partial charge in [0.05, 0.1) is 7.11 Å². The Kier molecular flexibility index (Phi) is 6.52. The van der Waals surface area contributed by atoms with E-state index >= 15 is 0 Å². The molecule has 1 aromatic carbocycles. The van der Waals surface area contributed by atoms with Crippen molar-refractivity contribution in [2.45, 2.75) is 39.2 Å². The van der Waals surface area contributed by atoms with E-state index in [-0.39, 0.29) is 0 Å². The monoisotopic (exact) mass is 290 g/mol. The first kappa shape index (κ1) is 16.3. The third kappa shape index (κ3) is 4.72. The summed E-state index contributed by atoms with van der Waals surface area (Å²) in [6.07, 6.45) is 4.27. The van der Waals surface area contributed by atoms with Crippen molar-refractivity contribution >= 4 is 0 Å². The van der Waals surface area contributed by atoms with E-state index in [1.54, 1.807) is 7.11 Å². The van der Waals surface area contributed by atoms with Crippen molar-refractivity contribution in [1.82, 2.24) is 10.2 Å². The Bertz CT molecular complexity index is 400. The first-order valence-corrected chi connectivity index (χ1v) is 8.36. The molecule has 1 aliphatic rings. The maximum Gasteiger partial charge on any atom is 0.118 e. The summed E-state index contributed by atoms with van der Waals surface area (Å²) in [6, 6.07) is 8.89. The van der Waals surface area contributed by atoms with Crippen LogP contribution in [0.4, 0.5) is 0 Å². The highest BCUT2D eigenvalue weighted by Gasteiger charge is 2.22. The molecule has 3 nitrogen and oxygen atoms in total. The maximum atomic E-state index is 5.26. The number of nitrogens with one attached hydrogen (secondary N) is 1. The van der Waals surface area contributed by atoms with Gasteiger partial charge in [0, 0.05) is 19.1 Å². The van der Waals surface area contributed by atoms with E-state index in [4.69, 9.17) is 4.74 Å². The lowest BCUT2D eigenvalue weighted by molar-refractivity contribution is 0.170. The minimum absolute atomic E-state index is 0.404. The van der Waals surface area contributed by atoms with Crippen LogP contribution in [0.25, 0.3) is 0 Å². The molecule has 0 aliphatic heterocycles. The Morgan fingerprint density at radius 3 is 2.43 bits per heavy atom. The molecule has 3 heteroatoms. The van der Waals surface area contributed by atoms with Crippen molar-refractivity contribution in [2.24, 2.45) is 5.92 Å². The van der Waals surface area contributed by atoms with Crippen LogP contribution in [0.5, 0.6) is 5.75 Å². The zero-order valence-electron chi connectivity index (χ0n) is 13.8. The van der Waals surface area contributed by atoms with Gasteiger partial charge in [-0.1, -0.05) is 32.4 Å². The lowest BCUT2D eigenvalue weighted by atomic mass is 9.85. The summed E-state index contributed by atoms with van der Waals surface area (Å²) < 4.78 is 5.26. The third-order valence-corrected chi connectivity index (χ3v) is 4.60. The van der Waals surface area contributed by atoms with E-state index in [9.17, 15) is 0 Å². The molecule has 1 N–H and O–H groups in total. The van der Waals surface area contributed by atoms with Gasteiger partial charge in [0.1, 0.15) is 5.75 Å². The second kappa shape index (κ2) is 8.40. The Labute approximate surface area is 129 Å². The second-order valence-electron chi connectivity index (χ2n) is 6.03. The van der Waals surface area contributed by atoms with E-state index in [1.165, 1.54) is 31.4 Å². The molecule has 0 heterocycles. The molecular weight excluding hydrogens is 260 g/mol. The van der Waals surface area contributed by atoms with E-state index in [2.05, 4.69) is 48.3 Å². The van der Waals surface area contributed by atoms with Crippen molar-refractivity contribution in [2.75, 3.05) is 33.3 Å². The molecule has 1 fully saturated rings. The summed E-state index contributed by atoms with van der Waals surface area (Å²) in [7, 11) is 1.72.